The van der Waals surface area contributed by atoms with E-state index in [1.807, 2.05) is 0 Å². The summed E-state index contributed by atoms with van der Waals surface area (Å²) < 4.78 is 42.8. The minimum atomic E-state index is -4.36. The van der Waals surface area contributed by atoms with Crippen LogP contribution in [0, 0.1) is 0 Å². The lowest BCUT2D eigenvalue weighted by molar-refractivity contribution is -0.137. The number of hydrogen-bond donors (Lipinski definition) is 1. The quantitative estimate of drug-likeness (QED) is 0.915. The summed E-state index contributed by atoms with van der Waals surface area (Å²) in [6.07, 6.45) is -4.36. The minimum absolute atomic E-state index is 0.268. The molecule has 21 heavy (non-hydrogen) atoms. The number of alkyl halides is 3. The molecule has 1 aromatic carbocycles. The van der Waals surface area contributed by atoms with Crippen LogP contribution in [0.3, 0.4) is 0 Å². The highest BCUT2D eigenvalue weighted by Crippen LogP contribution is 2.31. The van der Waals surface area contributed by atoms with E-state index in [4.69, 9.17) is 16.3 Å². The highest BCUT2D eigenvalue weighted by molar-refractivity contribution is 6.31. The van der Waals surface area contributed by atoms with Crippen molar-refractivity contribution >= 4 is 11.6 Å². The van der Waals surface area contributed by atoms with Crippen LogP contribution in [0.4, 0.5) is 13.2 Å². The Morgan fingerprint density at radius 2 is 1.81 bits per heavy atom. The lowest BCUT2D eigenvalue weighted by Crippen LogP contribution is -2.08. The van der Waals surface area contributed by atoms with Gasteiger partial charge in [-0.3, -0.25) is 0 Å². The molecule has 0 aliphatic carbocycles. The van der Waals surface area contributed by atoms with Crippen molar-refractivity contribution in [2.75, 3.05) is 7.05 Å². The van der Waals surface area contributed by atoms with E-state index in [0.29, 0.717) is 17.3 Å². The smallest absolute Gasteiger partial charge is 0.416 e. The topological polar surface area (TPSA) is 34.2 Å². The SMILES string of the molecule is CNCc1nc(Oc2ccc(C(F)(F)F)cc2)ccc1Cl. The van der Waals surface area contributed by atoms with E-state index in [1.54, 1.807) is 19.2 Å². The summed E-state index contributed by atoms with van der Waals surface area (Å²) >= 11 is 5.97. The van der Waals surface area contributed by atoms with Gasteiger partial charge >= 0.3 is 6.18 Å². The fourth-order valence-corrected chi connectivity index (χ4v) is 1.82. The van der Waals surface area contributed by atoms with Crippen molar-refractivity contribution < 1.29 is 17.9 Å². The first-order valence-corrected chi connectivity index (χ1v) is 6.43. The molecule has 0 saturated carbocycles. The molecule has 1 N–H and O–H groups in total. The molecule has 112 valence electrons. The van der Waals surface area contributed by atoms with Crippen LogP contribution in [0.15, 0.2) is 36.4 Å². The zero-order chi connectivity index (χ0) is 15.5. The van der Waals surface area contributed by atoms with Gasteiger partial charge in [-0.05, 0) is 37.4 Å². The predicted octanol–water partition coefficient (Wildman–Crippen LogP) is 4.27. The molecule has 0 saturated heterocycles. The Morgan fingerprint density at radius 1 is 1.14 bits per heavy atom. The van der Waals surface area contributed by atoms with E-state index < -0.39 is 11.7 Å². The molecule has 1 heterocycles. The number of halogens is 4. The summed E-state index contributed by atoms with van der Waals surface area (Å²) in [4.78, 5) is 4.19. The molecular weight excluding hydrogens is 305 g/mol. The van der Waals surface area contributed by atoms with Crippen molar-refractivity contribution in [1.29, 1.82) is 0 Å². The molecule has 0 unspecified atom stereocenters. The average Bonchev–Trinajstić information content (AvgIpc) is 2.42. The summed E-state index contributed by atoms with van der Waals surface area (Å²) in [7, 11) is 1.75. The Kier molecular flexibility index (Phi) is 4.69. The number of nitrogens with zero attached hydrogens (tertiary/aromatic N) is 1. The van der Waals surface area contributed by atoms with Crippen LogP contribution in [0.2, 0.25) is 5.02 Å². The molecule has 1 aromatic heterocycles. The second kappa shape index (κ2) is 6.32. The zero-order valence-electron chi connectivity index (χ0n) is 11.0. The molecule has 2 aromatic rings. The normalized spacial score (nSPS) is 11.5. The average molecular weight is 317 g/mol. The Balaban J connectivity index is 2.16. The highest BCUT2D eigenvalue weighted by atomic mass is 35.5. The molecule has 0 amide bonds. The van der Waals surface area contributed by atoms with Gasteiger partial charge in [-0.2, -0.15) is 13.2 Å². The molecule has 3 nitrogen and oxygen atoms in total. The van der Waals surface area contributed by atoms with E-state index in [1.165, 1.54) is 12.1 Å². The third-order valence-corrected chi connectivity index (χ3v) is 2.99. The van der Waals surface area contributed by atoms with Gasteiger partial charge in [0.05, 0.1) is 16.3 Å². The third kappa shape index (κ3) is 4.09. The van der Waals surface area contributed by atoms with Gasteiger partial charge in [0.15, 0.2) is 0 Å². The molecule has 0 atom stereocenters. The molecule has 0 aliphatic heterocycles. The Labute approximate surface area is 124 Å². The molecule has 0 aliphatic rings. The standard InChI is InChI=1S/C14H12ClF3N2O/c1-19-8-12-11(15)6-7-13(20-12)21-10-4-2-9(3-5-10)14(16,17)18/h2-7,19H,8H2,1H3. The van der Waals surface area contributed by atoms with Gasteiger partial charge in [0, 0.05) is 12.6 Å². The molecule has 7 heteroatoms. The van der Waals surface area contributed by atoms with Gasteiger partial charge < -0.3 is 10.1 Å². The summed E-state index contributed by atoms with van der Waals surface area (Å²) in [5.41, 5.74) is -0.127. The van der Waals surface area contributed by atoms with Gasteiger partial charge in [0.2, 0.25) is 5.88 Å². The molecule has 0 bridgehead atoms. The maximum atomic E-state index is 12.5. The largest absolute Gasteiger partial charge is 0.439 e. The molecule has 0 radical (unpaired) electrons. The fraction of sp³-hybridized carbons (Fsp3) is 0.214. The number of nitrogens with one attached hydrogen (secondary N) is 1. The maximum absolute atomic E-state index is 12.5. The first kappa shape index (κ1) is 15.6. The van der Waals surface area contributed by atoms with Gasteiger partial charge in [0.1, 0.15) is 5.75 Å². The number of ether oxygens (including phenoxy) is 1. The number of benzene rings is 1. The summed E-state index contributed by atoms with van der Waals surface area (Å²) in [6.45, 7) is 0.461. The minimum Gasteiger partial charge on any atom is -0.439 e. The van der Waals surface area contributed by atoms with Crippen LogP contribution in [0.25, 0.3) is 0 Å². The summed E-state index contributed by atoms with van der Waals surface area (Å²) in [5.74, 6) is 0.539. The van der Waals surface area contributed by atoms with Crippen LogP contribution in [-0.4, -0.2) is 12.0 Å². The van der Waals surface area contributed by atoms with Crippen LogP contribution >= 0.6 is 11.6 Å². The van der Waals surface area contributed by atoms with Crippen molar-refractivity contribution in [3.63, 3.8) is 0 Å². The number of pyridine rings is 1. The van der Waals surface area contributed by atoms with E-state index in [9.17, 15) is 13.2 Å². The van der Waals surface area contributed by atoms with E-state index in [-0.39, 0.29) is 11.6 Å². The van der Waals surface area contributed by atoms with Crippen molar-refractivity contribution in [3.05, 3.63) is 52.7 Å². The number of aromatic nitrogens is 1. The van der Waals surface area contributed by atoms with Crippen LogP contribution < -0.4 is 10.1 Å². The second-order valence-electron chi connectivity index (χ2n) is 4.23. The fourth-order valence-electron chi connectivity index (χ4n) is 1.65. The van der Waals surface area contributed by atoms with Gasteiger partial charge in [-0.15, -0.1) is 0 Å². The van der Waals surface area contributed by atoms with E-state index in [0.717, 1.165) is 12.1 Å². The summed E-state index contributed by atoms with van der Waals surface area (Å²) in [6, 6.07) is 7.59. The zero-order valence-corrected chi connectivity index (χ0v) is 11.8. The Bertz CT molecular complexity index is 615. The first-order chi connectivity index (χ1) is 9.90. The van der Waals surface area contributed by atoms with Gasteiger partial charge in [-0.25, -0.2) is 4.98 Å². The van der Waals surface area contributed by atoms with Crippen LogP contribution in [0.1, 0.15) is 11.3 Å². The van der Waals surface area contributed by atoms with Gasteiger partial charge in [0.25, 0.3) is 0 Å². The van der Waals surface area contributed by atoms with Crippen LogP contribution in [-0.2, 0) is 12.7 Å². The van der Waals surface area contributed by atoms with E-state index in [2.05, 4.69) is 10.3 Å². The van der Waals surface area contributed by atoms with Gasteiger partial charge in [-0.1, -0.05) is 11.6 Å². The van der Waals surface area contributed by atoms with E-state index >= 15 is 0 Å². The van der Waals surface area contributed by atoms with Crippen LogP contribution in [0.5, 0.6) is 11.6 Å². The second-order valence-corrected chi connectivity index (χ2v) is 4.64. The van der Waals surface area contributed by atoms with Crippen molar-refractivity contribution in [2.45, 2.75) is 12.7 Å². The highest BCUT2D eigenvalue weighted by Gasteiger charge is 2.30. The summed E-state index contributed by atoms with van der Waals surface area (Å²) in [5, 5.41) is 3.40. The maximum Gasteiger partial charge on any atom is 0.416 e. The monoisotopic (exact) mass is 316 g/mol. The molecular formula is C14H12ClF3N2O. The third-order valence-electron chi connectivity index (χ3n) is 2.64. The molecule has 0 spiro atoms. The Hall–Kier alpha value is -1.79. The Morgan fingerprint density at radius 3 is 2.38 bits per heavy atom. The van der Waals surface area contributed by atoms with Crippen molar-refractivity contribution in [2.24, 2.45) is 0 Å². The molecule has 0 fully saturated rings. The molecule has 2 rings (SSSR count). The number of rotatable bonds is 4. The number of hydrogen-bond acceptors (Lipinski definition) is 3. The van der Waals surface area contributed by atoms with Crippen molar-refractivity contribution in [3.8, 4) is 11.6 Å². The lowest BCUT2D eigenvalue weighted by Gasteiger charge is -2.10. The predicted molar refractivity (Wildman–Crippen MR) is 73.5 cm³/mol. The first-order valence-electron chi connectivity index (χ1n) is 6.05. The van der Waals surface area contributed by atoms with Crippen molar-refractivity contribution in [1.82, 2.24) is 10.3 Å². The lowest BCUT2D eigenvalue weighted by atomic mass is 10.2.